The van der Waals surface area contributed by atoms with Gasteiger partial charge in [0.1, 0.15) is 0 Å². The third-order valence-electron chi connectivity index (χ3n) is 4.41. The average molecular weight is 467 g/mol. The van der Waals surface area contributed by atoms with Gasteiger partial charge in [0.25, 0.3) is 10.0 Å². The van der Waals surface area contributed by atoms with E-state index < -0.39 is 10.0 Å². The van der Waals surface area contributed by atoms with Crippen molar-refractivity contribution in [3.8, 4) is 5.75 Å². The Balaban J connectivity index is 0.00000280. The molecule has 10 heteroatoms. The van der Waals surface area contributed by atoms with Gasteiger partial charge < -0.3 is 15.0 Å². The minimum Gasteiger partial charge on any atom is -0.493 e. The van der Waals surface area contributed by atoms with Crippen LogP contribution in [0.3, 0.4) is 0 Å². The zero-order valence-electron chi connectivity index (χ0n) is 15.5. The highest BCUT2D eigenvalue weighted by molar-refractivity contribution is 7.92. The Morgan fingerprint density at radius 2 is 1.82 bits per heavy atom. The quantitative estimate of drug-likeness (QED) is 0.698. The fourth-order valence-electron chi connectivity index (χ4n) is 3.05. The second-order valence-electron chi connectivity index (χ2n) is 6.26. The monoisotopic (exact) mass is 465 g/mol. The van der Waals surface area contributed by atoms with Gasteiger partial charge in [-0.2, -0.15) is 0 Å². The van der Waals surface area contributed by atoms with E-state index in [2.05, 4.69) is 14.9 Å². The van der Waals surface area contributed by atoms with Crippen LogP contribution in [-0.2, 0) is 10.0 Å². The Kier molecular flexibility index (Phi) is 7.70. The number of benzene rings is 2. The number of nitrogens with one attached hydrogen (secondary N) is 2. The molecular formula is C18H22Cl3N3O3S. The second kappa shape index (κ2) is 9.41. The maximum Gasteiger partial charge on any atom is 0.262 e. The molecule has 1 saturated heterocycles. The third kappa shape index (κ3) is 4.96. The summed E-state index contributed by atoms with van der Waals surface area (Å²) in [6.07, 6.45) is 0. The van der Waals surface area contributed by atoms with Crippen LogP contribution in [0.2, 0.25) is 10.0 Å². The molecular weight excluding hydrogens is 445 g/mol. The molecule has 6 nitrogen and oxygen atoms in total. The summed E-state index contributed by atoms with van der Waals surface area (Å²) in [6.45, 7) is 5.37. The number of hydrogen-bond donors (Lipinski definition) is 2. The fourth-order valence-corrected chi connectivity index (χ4v) is 4.69. The largest absolute Gasteiger partial charge is 0.493 e. The Morgan fingerprint density at radius 1 is 1.14 bits per heavy atom. The van der Waals surface area contributed by atoms with Crippen LogP contribution >= 0.6 is 35.6 Å². The predicted molar refractivity (Wildman–Crippen MR) is 117 cm³/mol. The summed E-state index contributed by atoms with van der Waals surface area (Å²) < 4.78 is 33.7. The number of piperazine rings is 1. The number of rotatable bonds is 5. The Bertz CT molecular complexity index is 949. The van der Waals surface area contributed by atoms with Crippen LogP contribution < -0.4 is 19.7 Å². The van der Waals surface area contributed by atoms with Gasteiger partial charge >= 0.3 is 0 Å². The van der Waals surface area contributed by atoms with E-state index in [9.17, 15) is 8.42 Å². The lowest BCUT2D eigenvalue weighted by Gasteiger charge is -2.31. The molecule has 1 aliphatic heterocycles. The second-order valence-corrected chi connectivity index (χ2v) is 8.79. The molecule has 1 heterocycles. The topological polar surface area (TPSA) is 70.7 Å². The van der Waals surface area contributed by atoms with Crippen molar-refractivity contribution in [3.63, 3.8) is 0 Å². The maximum atomic E-state index is 13.0. The summed E-state index contributed by atoms with van der Waals surface area (Å²) in [6, 6.07) is 8.06. The first-order chi connectivity index (χ1) is 12.8. The molecule has 0 aromatic heterocycles. The van der Waals surface area contributed by atoms with E-state index in [0.29, 0.717) is 5.02 Å². The summed E-state index contributed by atoms with van der Waals surface area (Å²) in [5, 5.41) is 3.83. The highest BCUT2D eigenvalue weighted by Gasteiger charge is 2.21. The maximum absolute atomic E-state index is 13.0. The van der Waals surface area contributed by atoms with Crippen molar-refractivity contribution in [1.29, 1.82) is 0 Å². The van der Waals surface area contributed by atoms with E-state index in [1.165, 1.54) is 19.2 Å². The molecule has 28 heavy (non-hydrogen) atoms. The van der Waals surface area contributed by atoms with E-state index >= 15 is 0 Å². The molecule has 0 aliphatic carbocycles. The standard InChI is InChI=1S/C18H21Cl2N3O3S.ClH/c1-12-3-4-14(11-17(12)23-7-5-21-6-8-23)27(24,25)22-16-10-13(19)9-15(20)18(16)26-2;/h3-4,9-11,21-22H,5-8H2,1-2H3;1H. The summed E-state index contributed by atoms with van der Waals surface area (Å²) >= 11 is 12.1. The van der Waals surface area contributed by atoms with Gasteiger partial charge in [-0.15, -0.1) is 12.4 Å². The van der Waals surface area contributed by atoms with Crippen LogP contribution in [0, 0.1) is 6.92 Å². The van der Waals surface area contributed by atoms with Crippen molar-refractivity contribution in [2.75, 3.05) is 42.9 Å². The number of sulfonamides is 1. The van der Waals surface area contributed by atoms with Gasteiger partial charge in [0.2, 0.25) is 0 Å². The van der Waals surface area contributed by atoms with Crippen molar-refractivity contribution in [3.05, 3.63) is 45.9 Å². The van der Waals surface area contributed by atoms with E-state index in [0.717, 1.165) is 37.4 Å². The molecule has 2 aromatic rings. The smallest absolute Gasteiger partial charge is 0.262 e. The molecule has 2 N–H and O–H groups in total. The molecule has 0 radical (unpaired) electrons. The van der Waals surface area contributed by atoms with Gasteiger partial charge in [0, 0.05) is 36.9 Å². The first kappa shape index (κ1) is 22.9. The summed E-state index contributed by atoms with van der Waals surface area (Å²) in [5.74, 6) is 0.221. The van der Waals surface area contributed by atoms with Crippen molar-refractivity contribution >= 4 is 57.0 Å². The van der Waals surface area contributed by atoms with Crippen LogP contribution in [0.4, 0.5) is 11.4 Å². The number of aryl methyl sites for hydroxylation is 1. The van der Waals surface area contributed by atoms with Gasteiger partial charge in [-0.3, -0.25) is 4.72 Å². The van der Waals surface area contributed by atoms with Crippen LogP contribution in [-0.4, -0.2) is 41.7 Å². The van der Waals surface area contributed by atoms with Crippen molar-refractivity contribution in [1.82, 2.24) is 5.32 Å². The van der Waals surface area contributed by atoms with Crippen LogP contribution in [0.25, 0.3) is 0 Å². The van der Waals surface area contributed by atoms with Gasteiger partial charge in [-0.05, 0) is 36.8 Å². The first-order valence-electron chi connectivity index (χ1n) is 8.44. The lowest BCUT2D eigenvalue weighted by atomic mass is 10.1. The molecule has 2 aromatic carbocycles. The highest BCUT2D eigenvalue weighted by atomic mass is 35.5. The van der Waals surface area contributed by atoms with Crippen LogP contribution in [0.15, 0.2) is 35.2 Å². The summed E-state index contributed by atoms with van der Waals surface area (Å²) in [5.41, 5.74) is 2.13. The van der Waals surface area contributed by atoms with Crippen molar-refractivity contribution in [2.24, 2.45) is 0 Å². The van der Waals surface area contributed by atoms with Crippen LogP contribution in [0.1, 0.15) is 5.56 Å². The van der Waals surface area contributed by atoms with Gasteiger partial charge in [0.15, 0.2) is 5.75 Å². The molecule has 1 fully saturated rings. The van der Waals surface area contributed by atoms with Crippen LogP contribution in [0.5, 0.6) is 5.75 Å². The summed E-state index contributed by atoms with van der Waals surface area (Å²) in [4.78, 5) is 2.35. The Morgan fingerprint density at radius 3 is 2.46 bits per heavy atom. The lowest BCUT2D eigenvalue weighted by molar-refractivity contribution is 0.417. The summed E-state index contributed by atoms with van der Waals surface area (Å²) in [7, 11) is -2.43. The normalized spacial score (nSPS) is 14.4. The minimum atomic E-state index is -3.85. The van der Waals surface area contributed by atoms with Crippen molar-refractivity contribution in [2.45, 2.75) is 11.8 Å². The Labute approximate surface area is 181 Å². The average Bonchev–Trinajstić information content (AvgIpc) is 2.62. The number of anilines is 2. The number of nitrogens with zero attached hydrogens (tertiary/aromatic N) is 1. The van der Waals surface area contributed by atoms with Gasteiger partial charge in [-0.1, -0.05) is 29.3 Å². The van der Waals surface area contributed by atoms with E-state index in [1.807, 2.05) is 13.0 Å². The third-order valence-corrected chi connectivity index (χ3v) is 6.27. The zero-order chi connectivity index (χ0) is 19.6. The molecule has 0 bridgehead atoms. The van der Waals surface area contributed by atoms with E-state index in [-0.39, 0.29) is 33.8 Å². The fraction of sp³-hybridized carbons (Fsp3) is 0.333. The van der Waals surface area contributed by atoms with E-state index in [4.69, 9.17) is 27.9 Å². The van der Waals surface area contributed by atoms with Gasteiger partial charge in [-0.25, -0.2) is 8.42 Å². The van der Waals surface area contributed by atoms with Crippen molar-refractivity contribution < 1.29 is 13.2 Å². The highest BCUT2D eigenvalue weighted by Crippen LogP contribution is 2.37. The number of halogens is 3. The molecule has 0 saturated carbocycles. The minimum absolute atomic E-state index is 0. The SMILES string of the molecule is COc1c(Cl)cc(Cl)cc1NS(=O)(=O)c1ccc(C)c(N2CCNCC2)c1.Cl. The van der Waals surface area contributed by atoms with E-state index in [1.54, 1.807) is 12.1 Å². The molecule has 3 rings (SSSR count). The predicted octanol–water partition coefficient (Wildman–Crippen LogP) is 3.94. The lowest BCUT2D eigenvalue weighted by Crippen LogP contribution is -2.43. The number of ether oxygens (including phenoxy) is 1. The molecule has 1 aliphatic rings. The molecule has 154 valence electrons. The molecule has 0 atom stereocenters. The first-order valence-corrected chi connectivity index (χ1v) is 10.7. The van der Waals surface area contributed by atoms with Gasteiger partial charge in [0.05, 0.1) is 22.7 Å². The molecule has 0 amide bonds. The molecule has 0 unspecified atom stereocenters. The molecule has 0 spiro atoms. The number of methoxy groups -OCH3 is 1. The zero-order valence-corrected chi connectivity index (χ0v) is 18.6. The number of hydrogen-bond acceptors (Lipinski definition) is 5. The Hall–Kier alpha value is -1.38.